The van der Waals surface area contributed by atoms with Crippen molar-refractivity contribution >= 4 is 17.4 Å². The molecule has 3 rings (SSSR count). The van der Waals surface area contributed by atoms with E-state index in [-0.39, 0.29) is 11.4 Å². The van der Waals surface area contributed by atoms with Crippen molar-refractivity contribution in [3.05, 3.63) is 89.4 Å². The minimum Gasteiger partial charge on any atom is -0.370 e. The van der Waals surface area contributed by atoms with Gasteiger partial charge in [0.05, 0.1) is 0 Å². The highest BCUT2D eigenvalue weighted by Gasteiger charge is 2.14. The molecule has 2 aromatic carbocycles. The molecular weight excluding hydrogens is 355 g/mol. The number of nitrogens with one attached hydrogen (secondary N) is 2. The summed E-state index contributed by atoms with van der Waals surface area (Å²) in [6, 6.07) is 12.4. The van der Waals surface area contributed by atoms with Crippen molar-refractivity contribution in [2.45, 2.75) is 6.42 Å². The highest BCUT2D eigenvalue weighted by atomic mass is 19.1. The number of carbonyl (C=O) groups is 1. The maximum atomic E-state index is 13.7. The highest BCUT2D eigenvalue weighted by molar-refractivity contribution is 6.04. The van der Waals surface area contributed by atoms with Crippen molar-refractivity contribution in [2.75, 3.05) is 17.2 Å². The Hall–Kier alpha value is -3.35. The van der Waals surface area contributed by atoms with Crippen LogP contribution in [0.15, 0.2) is 60.8 Å². The van der Waals surface area contributed by atoms with Crippen molar-refractivity contribution in [3.63, 3.8) is 0 Å². The molecule has 0 saturated heterocycles. The van der Waals surface area contributed by atoms with E-state index in [4.69, 9.17) is 0 Å². The standard InChI is InChI=1S/C20H16F3N3O/c21-15-6-4-13(5-7-15)8-10-24-18-12-14(9-11-25-18)20(27)26-19-16(22)2-1-3-17(19)23/h1-7,9,11-12H,8,10H2,(H,24,25)(H,26,27). The third kappa shape index (κ3) is 4.84. The van der Waals surface area contributed by atoms with Crippen LogP contribution in [0, 0.1) is 17.5 Å². The van der Waals surface area contributed by atoms with Crippen LogP contribution in [-0.2, 0) is 6.42 Å². The first kappa shape index (κ1) is 18.4. The fourth-order valence-corrected chi connectivity index (χ4v) is 2.46. The van der Waals surface area contributed by atoms with E-state index < -0.39 is 23.2 Å². The lowest BCUT2D eigenvalue weighted by Gasteiger charge is -2.09. The van der Waals surface area contributed by atoms with Gasteiger partial charge in [-0.05, 0) is 48.4 Å². The predicted octanol–water partition coefficient (Wildman–Crippen LogP) is 4.41. The Morgan fingerprint density at radius 2 is 1.67 bits per heavy atom. The molecule has 0 aliphatic carbocycles. The smallest absolute Gasteiger partial charge is 0.256 e. The number of nitrogens with zero attached hydrogens (tertiary/aromatic N) is 1. The lowest BCUT2D eigenvalue weighted by Crippen LogP contribution is -2.15. The molecule has 4 nitrogen and oxygen atoms in total. The van der Waals surface area contributed by atoms with Crippen molar-refractivity contribution in [2.24, 2.45) is 0 Å². The molecule has 1 heterocycles. The van der Waals surface area contributed by atoms with Crippen LogP contribution >= 0.6 is 0 Å². The van der Waals surface area contributed by atoms with Crippen LogP contribution in [0.25, 0.3) is 0 Å². The van der Waals surface area contributed by atoms with Crippen molar-refractivity contribution in [1.29, 1.82) is 0 Å². The van der Waals surface area contributed by atoms with Gasteiger partial charge in [0.15, 0.2) is 0 Å². The largest absolute Gasteiger partial charge is 0.370 e. The van der Waals surface area contributed by atoms with Crippen LogP contribution in [0.3, 0.4) is 0 Å². The van der Waals surface area contributed by atoms with Gasteiger partial charge in [0.25, 0.3) is 5.91 Å². The molecule has 0 aliphatic rings. The Balaban J connectivity index is 1.62. The van der Waals surface area contributed by atoms with Crippen molar-refractivity contribution < 1.29 is 18.0 Å². The Kier molecular flexibility index (Phi) is 5.71. The lowest BCUT2D eigenvalue weighted by atomic mass is 10.1. The molecule has 0 radical (unpaired) electrons. The summed E-state index contributed by atoms with van der Waals surface area (Å²) in [6.45, 7) is 0.519. The monoisotopic (exact) mass is 371 g/mol. The average molecular weight is 371 g/mol. The van der Waals surface area contributed by atoms with Gasteiger partial charge >= 0.3 is 0 Å². The highest BCUT2D eigenvalue weighted by Crippen LogP contribution is 2.19. The molecule has 1 amide bonds. The molecule has 0 spiro atoms. The normalized spacial score (nSPS) is 10.5. The van der Waals surface area contributed by atoms with Crippen LogP contribution in [-0.4, -0.2) is 17.4 Å². The second kappa shape index (κ2) is 8.35. The summed E-state index contributed by atoms with van der Waals surface area (Å²) in [5.74, 6) is -2.20. The summed E-state index contributed by atoms with van der Waals surface area (Å²) in [5.41, 5.74) is 0.662. The van der Waals surface area contributed by atoms with E-state index in [1.807, 2.05) is 0 Å². The summed E-state index contributed by atoms with van der Waals surface area (Å²) in [4.78, 5) is 16.4. The van der Waals surface area contributed by atoms with E-state index in [1.54, 1.807) is 12.1 Å². The zero-order valence-electron chi connectivity index (χ0n) is 14.2. The van der Waals surface area contributed by atoms with Gasteiger partial charge in [0.1, 0.15) is 29.0 Å². The van der Waals surface area contributed by atoms with E-state index in [0.29, 0.717) is 18.8 Å². The van der Waals surface area contributed by atoms with Crippen LogP contribution in [0.2, 0.25) is 0 Å². The van der Waals surface area contributed by atoms with Gasteiger partial charge in [-0.1, -0.05) is 18.2 Å². The van der Waals surface area contributed by atoms with Gasteiger partial charge in [-0.2, -0.15) is 0 Å². The molecule has 0 unspecified atom stereocenters. The SMILES string of the molecule is O=C(Nc1c(F)cccc1F)c1ccnc(NCCc2ccc(F)cc2)c1. The van der Waals surface area contributed by atoms with Crippen molar-refractivity contribution in [3.8, 4) is 0 Å². The topological polar surface area (TPSA) is 54.0 Å². The minimum absolute atomic E-state index is 0.205. The molecule has 1 aromatic heterocycles. The predicted molar refractivity (Wildman–Crippen MR) is 97.1 cm³/mol. The number of anilines is 2. The molecule has 0 saturated carbocycles. The Bertz CT molecular complexity index is 925. The number of amides is 1. The molecular formula is C20H16F3N3O. The van der Waals surface area contributed by atoms with Crippen LogP contribution < -0.4 is 10.6 Å². The first-order valence-electron chi connectivity index (χ1n) is 8.22. The number of hydrogen-bond acceptors (Lipinski definition) is 3. The van der Waals surface area contributed by atoms with E-state index in [0.717, 1.165) is 17.7 Å². The second-order valence-electron chi connectivity index (χ2n) is 5.78. The number of carbonyl (C=O) groups excluding carboxylic acids is 1. The van der Waals surface area contributed by atoms with E-state index in [9.17, 15) is 18.0 Å². The number of hydrogen-bond donors (Lipinski definition) is 2. The fraction of sp³-hybridized carbons (Fsp3) is 0.100. The van der Waals surface area contributed by atoms with Gasteiger partial charge in [-0.15, -0.1) is 0 Å². The third-order valence-corrected chi connectivity index (χ3v) is 3.86. The first-order chi connectivity index (χ1) is 13.0. The average Bonchev–Trinajstić information content (AvgIpc) is 2.66. The van der Waals surface area contributed by atoms with Crippen LogP contribution in [0.4, 0.5) is 24.7 Å². The molecule has 0 aliphatic heterocycles. The second-order valence-corrected chi connectivity index (χ2v) is 5.78. The molecule has 3 aromatic rings. The Morgan fingerprint density at radius 3 is 2.37 bits per heavy atom. The summed E-state index contributed by atoms with van der Waals surface area (Å²) < 4.78 is 40.2. The van der Waals surface area contributed by atoms with Gasteiger partial charge in [-0.25, -0.2) is 18.2 Å². The van der Waals surface area contributed by atoms with Crippen LogP contribution in [0.1, 0.15) is 15.9 Å². The minimum atomic E-state index is -0.852. The number of pyridine rings is 1. The van der Waals surface area contributed by atoms with Gasteiger partial charge in [0.2, 0.25) is 0 Å². The van der Waals surface area contributed by atoms with E-state index >= 15 is 0 Å². The fourth-order valence-electron chi connectivity index (χ4n) is 2.46. The first-order valence-corrected chi connectivity index (χ1v) is 8.22. The zero-order chi connectivity index (χ0) is 19.2. The van der Waals surface area contributed by atoms with E-state index in [1.165, 1.54) is 36.5 Å². The van der Waals surface area contributed by atoms with Gasteiger partial charge in [0, 0.05) is 18.3 Å². The number of benzene rings is 2. The molecule has 27 heavy (non-hydrogen) atoms. The molecule has 0 fully saturated rings. The molecule has 138 valence electrons. The molecule has 2 N–H and O–H groups in total. The summed E-state index contributed by atoms with van der Waals surface area (Å²) in [5, 5.41) is 5.29. The summed E-state index contributed by atoms with van der Waals surface area (Å²) >= 11 is 0. The molecule has 0 bridgehead atoms. The van der Waals surface area contributed by atoms with E-state index in [2.05, 4.69) is 15.6 Å². The third-order valence-electron chi connectivity index (χ3n) is 3.86. The summed E-state index contributed by atoms with van der Waals surface area (Å²) in [6.07, 6.45) is 2.06. The number of halogens is 3. The summed E-state index contributed by atoms with van der Waals surface area (Å²) in [7, 11) is 0. The Morgan fingerprint density at radius 1 is 0.963 bits per heavy atom. The quantitative estimate of drug-likeness (QED) is 0.675. The lowest BCUT2D eigenvalue weighted by molar-refractivity contribution is 0.102. The number of rotatable bonds is 6. The Labute approximate surface area is 154 Å². The zero-order valence-corrected chi connectivity index (χ0v) is 14.2. The maximum absolute atomic E-state index is 13.7. The van der Waals surface area contributed by atoms with Crippen LogP contribution in [0.5, 0.6) is 0 Å². The maximum Gasteiger partial charge on any atom is 0.256 e. The number of aromatic nitrogens is 1. The molecule has 0 atom stereocenters. The van der Waals surface area contributed by atoms with Crippen molar-refractivity contribution in [1.82, 2.24) is 4.98 Å². The van der Waals surface area contributed by atoms with Gasteiger partial charge in [-0.3, -0.25) is 4.79 Å². The van der Waals surface area contributed by atoms with Gasteiger partial charge < -0.3 is 10.6 Å². The number of para-hydroxylation sites is 1. The molecule has 7 heteroatoms.